The number of phenolic OH excluding ortho intramolecular Hbond substituents is 1. The molecule has 0 atom stereocenters. The molecule has 0 saturated heterocycles. The molecule has 0 unspecified atom stereocenters. The molecule has 0 fully saturated rings. The molecule has 0 bridgehead atoms. The predicted molar refractivity (Wildman–Crippen MR) is 55.1 cm³/mol. The third-order valence-corrected chi connectivity index (χ3v) is 1.94. The maximum absolute atomic E-state index is 10.6. The molecule has 82 valence electrons. The molecule has 0 saturated carbocycles. The number of phenols is 1. The number of nitrogens with zero attached hydrogens (tertiary/aromatic N) is 1. The molecule has 0 aliphatic carbocycles. The first-order valence-corrected chi connectivity index (χ1v) is 4.39. The molecule has 3 N–H and O–H groups in total. The van der Waals surface area contributed by atoms with Gasteiger partial charge in [-0.05, 0) is 18.6 Å². The highest BCUT2D eigenvalue weighted by molar-refractivity contribution is 5.65. The summed E-state index contributed by atoms with van der Waals surface area (Å²) in [5.74, 6) is -0.115. The van der Waals surface area contributed by atoms with E-state index in [1.165, 1.54) is 6.07 Å². The van der Waals surface area contributed by atoms with E-state index >= 15 is 0 Å². The largest absolute Gasteiger partial charge is 0.507 e. The van der Waals surface area contributed by atoms with E-state index in [9.17, 15) is 15.2 Å². The number of aliphatic hydroxyl groups excluding tert-OH is 1. The highest BCUT2D eigenvalue weighted by atomic mass is 16.6. The zero-order chi connectivity index (χ0) is 11.4. The number of hydrogen-bond donors (Lipinski definition) is 3. The summed E-state index contributed by atoms with van der Waals surface area (Å²) in [4.78, 5) is 10.1. The first kappa shape index (κ1) is 11.3. The Morgan fingerprint density at radius 2 is 2.20 bits per heavy atom. The normalized spacial score (nSPS) is 10.0. The van der Waals surface area contributed by atoms with Crippen molar-refractivity contribution < 1.29 is 15.1 Å². The van der Waals surface area contributed by atoms with Crippen molar-refractivity contribution in [2.75, 3.05) is 18.5 Å². The second-order valence-corrected chi connectivity index (χ2v) is 3.06. The molecule has 0 heterocycles. The number of anilines is 1. The summed E-state index contributed by atoms with van der Waals surface area (Å²) in [7, 11) is 0. The van der Waals surface area contributed by atoms with E-state index in [0.717, 1.165) is 6.07 Å². The fraction of sp³-hybridized carbons (Fsp3) is 0.333. The van der Waals surface area contributed by atoms with Gasteiger partial charge in [-0.25, -0.2) is 0 Å². The zero-order valence-corrected chi connectivity index (χ0v) is 8.23. The van der Waals surface area contributed by atoms with Crippen molar-refractivity contribution in [1.29, 1.82) is 0 Å². The third-order valence-electron chi connectivity index (χ3n) is 1.94. The van der Waals surface area contributed by atoms with E-state index in [2.05, 4.69) is 5.32 Å². The third kappa shape index (κ3) is 2.57. The minimum atomic E-state index is -0.584. The van der Waals surface area contributed by atoms with Crippen LogP contribution >= 0.6 is 0 Å². The van der Waals surface area contributed by atoms with E-state index in [-0.39, 0.29) is 24.6 Å². The van der Waals surface area contributed by atoms with Gasteiger partial charge in [0.1, 0.15) is 11.4 Å². The van der Waals surface area contributed by atoms with Crippen molar-refractivity contribution in [2.45, 2.75) is 6.92 Å². The van der Waals surface area contributed by atoms with Gasteiger partial charge in [0.15, 0.2) is 0 Å². The Hall–Kier alpha value is -1.82. The lowest BCUT2D eigenvalue weighted by Crippen LogP contribution is -2.07. The Balaban J connectivity index is 3.10. The summed E-state index contributed by atoms with van der Waals surface area (Å²) in [5.41, 5.74) is 0.636. The lowest BCUT2D eigenvalue weighted by atomic mass is 10.1. The first-order valence-electron chi connectivity index (χ1n) is 4.39. The molecule has 0 radical (unpaired) electrons. The van der Waals surface area contributed by atoms with Crippen LogP contribution in [0.15, 0.2) is 12.1 Å². The maximum atomic E-state index is 10.6. The highest BCUT2D eigenvalue weighted by Gasteiger charge is 2.15. The SMILES string of the molecule is Cc1cc(NCCO)c([N+](=O)[O-])cc1O. The van der Waals surface area contributed by atoms with Crippen molar-refractivity contribution in [3.8, 4) is 5.75 Å². The molecule has 1 aromatic rings. The van der Waals surface area contributed by atoms with Crippen LogP contribution in [0.3, 0.4) is 0 Å². The van der Waals surface area contributed by atoms with E-state index in [4.69, 9.17) is 5.11 Å². The average molecular weight is 212 g/mol. The Morgan fingerprint density at radius 3 is 2.73 bits per heavy atom. The van der Waals surface area contributed by atoms with E-state index < -0.39 is 4.92 Å². The van der Waals surface area contributed by atoms with Crippen molar-refractivity contribution >= 4 is 11.4 Å². The van der Waals surface area contributed by atoms with Crippen LogP contribution in [0.4, 0.5) is 11.4 Å². The van der Waals surface area contributed by atoms with Gasteiger partial charge in [-0.3, -0.25) is 10.1 Å². The van der Waals surface area contributed by atoms with Crippen LogP contribution < -0.4 is 5.32 Å². The number of nitrogens with one attached hydrogen (secondary N) is 1. The van der Waals surface area contributed by atoms with E-state index in [0.29, 0.717) is 11.3 Å². The fourth-order valence-electron chi connectivity index (χ4n) is 1.17. The van der Waals surface area contributed by atoms with Gasteiger partial charge in [0.25, 0.3) is 5.69 Å². The predicted octanol–water partition coefficient (Wildman–Crippen LogP) is 1.01. The molecule has 6 nitrogen and oxygen atoms in total. The summed E-state index contributed by atoms with van der Waals surface area (Å²) in [6, 6.07) is 2.57. The standard InChI is InChI=1S/C9H12N2O4/c1-6-4-7(10-2-3-12)8(11(14)15)5-9(6)13/h4-5,10,12-13H,2-3H2,1H3. The molecule has 0 amide bonds. The van der Waals surface area contributed by atoms with Crippen LogP contribution in [-0.4, -0.2) is 28.3 Å². The van der Waals surface area contributed by atoms with Gasteiger partial charge in [0, 0.05) is 6.54 Å². The zero-order valence-electron chi connectivity index (χ0n) is 8.23. The minimum absolute atomic E-state index is 0.114. The Bertz CT molecular complexity index is 379. The number of rotatable bonds is 4. The van der Waals surface area contributed by atoms with E-state index in [1.807, 2.05) is 0 Å². The van der Waals surface area contributed by atoms with Crippen LogP contribution in [0, 0.1) is 17.0 Å². The molecule has 1 aromatic carbocycles. The smallest absolute Gasteiger partial charge is 0.296 e. The molecule has 6 heteroatoms. The Labute approximate surface area is 86.3 Å². The highest BCUT2D eigenvalue weighted by Crippen LogP contribution is 2.31. The molecular formula is C9H12N2O4. The minimum Gasteiger partial charge on any atom is -0.507 e. The molecule has 0 spiro atoms. The Kier molecular flexibility index (Phi) is 3.46. The van der Waals surface area contributed by atoms with Crippen LogP contribution in [0.25, 0.3) is 0 Å². The van der Waals surface area contributed by atoms with Gasteiger partial charge < -0.3 is 15.5 Å². The molecule has 0 aliphatic heterocycles. The maximum Gasteiger partial charge on any atom is 0.296 e. The van der Waals surface area contributed by atoms with Gasteiger partial charge in [-0.2, -0.15) is 0 Å². The Morgan fingerprint density at radius 1 is 1.53 bits per heavy atom. The van der Waals surface area contributed by atoms with Gasteiger partial charge in [-0.1, -0.05) is 0 Å². The summed E-state index contributed by atoms with van der Waals surface area (Å²) in [6.45, 7) is 1.76. The topological polar surface area (TPSA) is 95.6 Å². The van der Waals surface area contributed by atoms with Crippen LogP contribution in [0.5, 0.6) is 5.75 Å². The first-order chi connectivity index (χ1) is 7.06. The lowest BCUT2D eigenvalue weighted by Gasteiger charge is -2.07. The summed E-state index contributed by atoms with van der Waals surface area (Å²) in [5, 5.41) is 31.3. The van der Waals surface area contributed by atoms with Gasteiger partial charge in [-0.15, -0.1) is 0 Å². The molecule has 1 rings (SSSR count). The molecule has 0 aliphatic rings. The van der Waals surface area contributed by atoms with Crippen molar-refractivity contribution in [2.24, 2.45) is 0 Å². The van der Waals surface area contributed by atoms with Crippen LogP contribution in [-0.2, 0) is 0 Å². The molecule has 0 aromatic heterocycles. The summed E-state index contributed by atoms with van der Waals surface area (Å²) in [6.07, 6.45) is 0. The monoisotopic (exact) mass is 212 g/mol. The second-order valence-electron chi connectivity index (χ2n) is 3.06. The number of aliphatic hydroxyl groups is 1. The van der Waals surface area contributed by atoms with Crippen molar-refractivity contribution in [1.82, 2.24) is 0 Å². The second kappa shape index (κ2) is 4.61. The average Bonchev–Trinajstić information content (AvgIpc) is 2.19. The quantitative estimate of drug-likeness (QED) is 0.393. The molecule has 15 heavy (non-hydrogen) atoms. The van der Waals surface area contributed by atoms with Crippen LogP contribution in [0.1, 0.15) is 5.56 Å². The van der Waals surface area contributed by atoms with Gasteiger partial charge in [0.2, 0.25) is 0 Å². The number of nitro groups is 1. The fourth-order valence-corrected chi connectivity index (χ4v) is 1.17. The number of hydrogen-bond acceptors (Lipinski definition) is 5. The number of aryl methyl sites for hydroxylation is 1. The number of aromatic hydroxyl groups is 1. The molecular weight excluding hydrogens is 200 g/mol. The van der Waals surface area contributed by atoms with Gasteiger partial charge in [0.05, 0.1) is 17.6 Å². The number of nitro benzene ring substituents is 1. The lowest BCUT2D eigenvalue weighted by molar-refractivity contribution is -0.384. The van der Waals surface area contributed by atoms with Crippen molar-refractivity contribution in [3.63, 3.8) is 0 Å². The number of benzene rings is 1. The van der Waals surface area contributed by atoms with Crippen LogP contribution in [0.2, 0.25) is 0 Å². The van der Waals surface area contributed by atoms with Crippen molar-refractivity contribution in [3.05, 3.63) is 27.8 Å². The summed E-state index contributed by atoms with van der Waals surface area (Å²) < 4.78 is 0. The van der Waals surface area contributed by atoms with E-state index in [1.54, 1.807) is 6.92 Å². The van der Waals surface area contributed by atoms with Gasteiger partial charge >= 0.3 is 0 Å². The summed E-state index contributed by atoms with van der Waals surface area (Å²) >= 11 is 0.